The second-order valence-corrected chi connectivity index (χ2v) is 6.57. The fourth-order valence-electron chi connectivity index (χ4n) is 3.16. The number of rotatable bonds is 6. The first kappa shape index (κ1) is 18.5. The summed E-state index contributed by atoms with van der Waals surface area (Å²) in [5.41, 5.74) is 4.03. The van der Waals surface area contributed by atoms with Crippen molar-refractivity contribution in [2.75, 3.05) is 6.54 Å². The molecule has 0 saturated heterocycles. The van der Waals surface area contributed by atoms with E-state index in [0.717, 1.165) is 28.3 Å². The van der Waals surface area contributed by atoms with E-state index >= 15 is 0 Å². The first-order valence-electron chi connectivity index (χ1n) is 9.25. The van der Waals surface area contributed by atoms with Gasteiger partial charge in [0.2, 0.25) is 0 Å². The van der Waals surface area contributed by atoms with Crippen LogP contribution in [-0.4, -0.2) is 37.4 Å². The Bertz CT molecular complexity index is 1120. The zero-order valence-corrected chi connectivity index (χ0v) is 16.2. The van der Waals surface area contributed by atoms with Gasteiger partial charge in [-0.05, 0) is 50.1 Å². The molecule has 0 spiro atoms. The maximum atomic E-state index is 12.4. The van der Waals surface area contributed by atoms with Gasteiger partial charge in [0, 0.05) is 42.5 Å². The summed E-state index contributed by atoms with van der Waals surface area (Å²) in [7, 11) is 0. The SMILES string of the molecule is Cc1nn(-c2ccccn2)c(C)c1CCNC(=O)c1cc(-c2cccnc2)on1. The Kier molecular flexibility index (Phi) is 5.15. The lowest BCUT2D eigenvalue weighted by Gasteiger charge is -2.05. The molecule has 8 nitrogen and oxygen atoms in total. The molecule has 4 heterocycles. The molecule has 1 amide bonds. The van der Waals surface area contributed by atoms with Gasteiger partial charge >= 0.3 is 0 Å². The van der Waals surface area contributed by atoms with Gasteiger partial charge in [-0.15, -0.1) is 0 Å². The quantitative estimate of drug-likeness (QED) is 0.545. The van der Waals surface area contributed by atoms with Crippen LogP contribution in [0.1, 0.15) is 27.4 Å². The van der Waals surface area contributed by atoms with Gasteiger partial charge in [0.05, 0.1) is 5.69 Å². The smallest absolute Gasteiger partial charge is 0.273 e. The predicted molar refractivity (Wildman–Crippen MR) is 107 cm³/mol. The molecule has 0 fully saturated rings. The van der Waals surface area contributed by atoms with Crippen LogP contribution in [0.2, 0.25) is 0 Å². The van der Waals surface area contributed by atoms with Crippen LogP contribution < -0.4 is 5.32 Å². The first-order valence-corrected chi connectivity index (χ1v) is 9.25. The van der Waals surface area contributed by atoms with Crippen LogP contribution in [0.5, 0.6) is 0 Å². The van der Waals surface area contributed by atoms with Gasteiger partial charge in [0.25, 0.3) is 5.91 Å². The Morgan fingerprint density at radius 1 is 1.17 bits per heavy atom. The van der Waals surface area contributed by atoms with Crippen molar-refractivity contribution in [3.63, 3.8) is 0 Å². The van der Waals surface area contributed by atoms with Crippen LogP contribution in [0, 0.1) is 13.8 Å². The molecule has 0 aliphatic carbocycles. The minimum absolute atomic E-state index is 0.237. The highest BCUT2D eigenvalue weighted by Crippen LogP contribution is 2.19. The van der Waals surface area contributed by atoms with Crippen LogP contribution in [0.25, 0.3) is 17.1 Å². The number of pyridine rings is 2. The fraction of sp³-hybridized carbons (Fsp3) is 0.190. The van der Waals surface area contributed by atoms with Crippen LogP contribution >= 0.6 is 0 Å². The van der Waals surface area contributed by atoms with E-state index in [1.165, 1.54) is 0 Å². The number of carbonyl (C=O) groups is 1. The van der Waals surface area contributed by atoms with Crippen molar-refractivity contribution in [1.29, 1.82) is 0 Å². The molecule has 0 aromatic carbocycles. The van der Waals surface area contributed by atoms with Gasteiger partial charge in [-0.3, -0.25) is 9.78 Å². The van der Waals surface area contributed by atoms with Crippen molar-refractivity contribution in [3.05, 3.63) is 77.6 Å². The molecule has 146 valence electrons. The third-order valence-corrected chi connectivity index (χ3v) is 4.66. The topological polar surface area (TPSA) is 98.7 Å². The minimum Gasteiger partial charge on any atom is -0.355 e. The summed E-state index contributed by atoms with van der Waals surface area (Å²) >= 11 is 0. The zero-order valence-electron chi connectivity index (χ0n) is 16.2. The van der Waals surface area contributed by atoms with E-state index in [2.05, 4.69) is 25.5 Å². The average Bonchev–Trinajstić information content (AvgIpc) is 3.36. The van der Waals surface area contributed by atoms with E-state index in [0.29, 0.717) is 18.7 Å². The predicted octanol–water partition coefficient (Wildman–Crippen LogP) is 2.91. The normalized spacial score (nSPS) is 10.8. The second-order valence-electron chi connectivity index (χ2n) is 6.57. The minimum atomic E-state index is -0.281. The molecule has 4 rings (SSSR count). The van der Waals surface area contributed by atoms with Gasteiger partial charge in [-0.1, -0.05) is 11.2 Å². The second kappa shape index (κ2) is 8.05. The van der Waals surface area contributed by atoms with Gasteiger partial charge in [-0.25, -0.2) is 9.67 Å². The summed E-state index contributed by atoms with van der Waals surface area (Å²) in [5.74, 6) is 0.997. The number of amides is 1. The molecule has 0 unspecified atom stereocenters. The van der Waals surface area contributed by atoms with Crippen LogP contribution in [0.3, 0.4) is 0 Å². The third-order valence-electron chi connectivity index (χ3n) is 4.66. The molecule has 29 heavy (non-hydrogen) atoms. The molecule has 0 aliphatic heterocycles. The highest BCUT2D eigenvalue weighted by atomic mass is 16.5. The standard InChI is InChI=1S/C21H20N6O2/c1-14-17(15(2)27(25-14)20-7-3-4-10-23-20)8-11-24-21(28)18-12-19(29-26-18)16-6-5-9-22-13-16/h3-7,9-10,12-13H,8,11H2,1-2H3,(H,24,28). The third kappa shape index (κ3) is 3.91. The lowest BCUT2D eigenvalue weighted by atomic mass is 10.1. The Hall–Kier alpha value is -3.81. The van der Waals surface area contributed by atoms with Crippen LogP contribution in [0.4, 0.5) is 0 Å². The van der Waals surface area contributed by atoms with Crippen molar-refractivity contribution in [2.24, 2.45) is 0 Å². The number of nitrogens with one attached hydrogen (secondary N) is 1. The molecule has 1 N–H and O–H groups in total. The van der Waals surface area contributed by atoms with E-state index < -0.39 is 0 Å². The van der Waals surface area contributed by atoms with Crippen LogP contribution in [0.15, 0.2) is 59.5 Å². The van der Waals surface area contributed by atoms with E-state index in [9.17, 15) is 4.79 Å². The first-order chi connectivity index (χ1) is 14.1. The van der Waals surface area contributed by atoms with Crippen molar-refractivity contribution in [1.82, 2.24) is 30.2 Å². The van der Waals surface area contributed by atoms with Gasteiger partial charge in [0.15, 0.2) is 17.3 Å². The molecule has 4 aromatic heterocycles. The van der Waals surface area contributed by atoms with Crippen molar-refractivity contribution >= 4 is 5.91 Å². The Balaban J connectivity index is 1.40. The summed E-state index contributed by atoms with van der Waals surface area (Å²) < 4.78 is 7.08. The summed E-state index contributed by atoms with van der Waals surface area (Å²) in [6.07, 6.45) is 5.73. The lowest BCUT2D eigenvalue weighted by molar-refractivity contribution is 0.0945. The highest BCUT2D eigenvalue weighted by molar-refractivity contribution is 5.93. The van der Waals surface area contributed by atoms with E-state index in [1.54, 1.807) is 30.7 Å². The fourth-order valence-corrected chi connectivity index (χ4v) is 3.16. The highest BCUT2D eigenvalue weighted by Gasteiger charge is 2.16. The van der Waals surface area contributed by atoms with Crippen molar-refractivity contribution in [2.45, 2.75) is 20.3 Å². The summed E-state index contributed by atoms with van der Waals surface area (Å²) in [6, 6.07) is 11.0. The molecule has 0 saturated carbocycles. The molecule has 0 atom stereocenters. The lowest BCUT2D eigenvalue weighted by Crippen LogP contribution is -2.26. The maximum absolute atomic E-state index is 12.4. The molecule has 0 radical (unpaired) electrons. The largest absolute Gasteiger partial charge is 0.355 e. The average molecular weight is 388 g/mol. The van der Waals surface area contributed by atoms with E-state index in [4.69, 9.17) is 4.52 Å². The van der Waals surface area contributed by atoms with Gasteiger partial charge in [0.1, 0.15) is 0 Å². The van der Waals surface area contributed by atoms with E-state index in [1.807, 2.05) is 42.8 Å². The summed E-state index contributed by atoms with van der Waals surface area (Å²) in [6.45, 7) is 4.43. The summed E-state index contributed by atoms with van der Waals surface area (Å²) in [4.78, 5) is 20.8. The van der Waals surface area contributed by atoms with Gasteiger partial charge in [-0.2, -0.15) is 5.10 Å². The molecular weight excluding hydrogens is 368 g/mol. The zero-order chi connectivity index (χ0) is 20.2. The molecule has 0 bridgehead atoms. The molecular formula is C21H20N6O2. The molecule has 8 heteroatoms. The number of aryl methyl sites for hydroxylation is 1. The van der Waals surface area contributed by atoms with E-state index in [-0.39, 0.29) is 11.6 Å². The molecule has 4 aromatic rings. The number of aromatic nitrogens is 5. The summed E-state index contributed by atoms with van der Waals surface area (Å²) in [5, 5.41) is 11.3. The monoisotopic (exact) mass is 388 g/mol. The Morgan fingerprint density at radius 2 is 2.07 bits per heavy atom. The van der Waals surface area contributed by atoms with Crippen molar-refractivity contribution < 1.29 is 9.32 Å². The number of hydrogen-bond donors (Lipinski definition) is 1. The Morgan fingerprint density at radius 3 is 2.83 bits per heavy atom. The van der Waals surface area contributed by atoms with Crippen molar-refractivity contribution in [3.8, 4) is 17.1 Å². The number of nitrogens with zero attached hydrogens (tertiary/aromatic N) is 5. The Labute approximate surface area is 167 Å². The number of hydrogen-bond acceptors (Lipinski definition) is 6. The van der Waals surface area contributed by atoms with Gasteiger partial charge < -0.3 is 9.84 Å². The maximum Gasteiger partial charge on any atom is 0.273 e. The van der Waals surface area contributed by atoms with Crippen LogP contribution in [-0.2, 0) is 6.42 Å². The number of carbonyl (C=O) groups excluding carboxylic acids is 1. The molecule has 0 aliphatic rings.